The normalized spacial score (nSPS) is 30.1. The third-order valence-electron chi connectivity index (χ3n) is 3.57. The van der Waals surface area contributed by atoms with Gasteiger partial charge in [0.25, 0.3) is 0 Å². The number of nitrogens with zero attached hydrogens (tertiary/aromatic N) is 4. The largest absolute Gasteiger partial charge is 0.396 e. The number of fused-ring (bicyclic) bond motifs is 1. The Hall–Kier alpha value is -1.81. The maximum absolute atomic E-state index is 10.2. The summed E-state index contributed by atoms with van der Waals surface area (Å²) in [4.78, 5) is 12.0. The van der Waals surface area contributed by atoms with Gasteiger partial charge in [0.15, 0.2) is 17.7 Å². The van der Waals surface area contributed by atoms with Crippen LogP contribution in [0.2, 0.25) is 0 Å². The summed E-state index contributed by atoms with van der Waals surface area (Å²) in [6, 6.07) is 0. The van der Waals surface area contributed by atoms with E-state index in [-0.39, 0.29) is 19.0 Å². The minimum absolute atomic E-state index is 0.235. The molecule has 3 heterocycles. The Morgan fingerprint density at radius 2 is 2.05 bits per heavy atom. The summed E-state index contributed by atoms with van der Waals surface area (Å²) in [6.07, 6.45) is 0.327. The molecule has 0 radical (unpaired) electrons. The summed E-state index contributed by atoms with van der Waals surface area (Å²) >= 11 is 0. The summed E-state index contributed by atoms with van der Waals surface area (Å²) < 4.78 is 7.10. The number of imidazole rings is 1. The first-order chi connectivity index (χ1) is 9.67. The Labute approximate surface area is 113 Å². The highest BCUT2D eigenvalue weighted by molar-refractivity contribution is 5.81. The van der Waals surface area contributed by atoms with E-state index >= 15 is 0 Å². The molecule has 1 aliphatic heterocycles. The van der Waals surface area contributed by atoms with E-state index in [1.165, 1.54) is 17.2 Å². The average molecular weight is 281 g/mol. The predicted molar refractivity (Wildman–Crippen MR) is 67.3 cm³/mol. The van der Waals surface area contributed by atoms with Crippen molar-refractivity contribution in [3.05, 3.63) is 12.7 Å². The second kappa shape index (κ2) is 4.94. The number of anilines is 1. The molecule has 108 valence electrons. The lowest BCUT2D eigenvalue weighted by Gasteiger charge is -2.17. The van der Waals surface area contributed by atoms with Gasteiger partial charge >= 0.3 is 0 Å². The van der Waals surface area contributed by atoms with Gasteiger partial charge < -0.3 is 25.8 Å². The number of aliphatic hydroxyl groups is 3. The van der Waals surface area contributed by atoms with Crippen molar-refractivity contribution in [1.82, 2.24) is 19.5 Å². The molecule has 1 aliphatic rings. The minimum Gasteiger partial charge on any atom is -0.396 e. The number of aliphatic hydroxyl groups excluding tert-OH is 3. The molecule has 0 amide bonds. The van der Waals surface area contributed by atoms with Gasteiger partial charge in [0.2, 0.25) is 0 Å². The predicted octanol–water partition coefficient (Wildman–Crippen LogP) is -1.73. The van der Waals surface area contributed by atoms with E-state index in [1.54, 1.807) is 0 Å². The van der Waals surface area contributed by atoms with Crippen molar-refractivity contribution < 1.29 is 20.1 Å². The van der Waals surface area contributed by atoms with Crippen LogP contribution in [0.3, 0.4) is 0 Å². The quantitative estimate of drug-likeness (QED) is 0.520. The van der Waals surface area contributed by atoms with E-state index in [2.05, 4.69) is 15.0 Å². The van der Waals surface area contributed by atoms with E-state index in [1.807, 2.05) is 0 Å². The van der Waals surface area contributed by atoms with E-state index in [4.69, 9.17) is 10.5 Å². The minimum atomic E-state index is -0.981. The second-order valence-corrected chi connectivity index (χ2v) is 4.67. The Kier molecular flexibility index (Phi) is 3.26. The Morgan fingerprint density at radius 1 is 1.25 bits per heavy atom. The van der Waals surface area contributed by atoms with E-state index in [0.717, 1.165) is 0 Å². The van der Waals surface area contributed by atoms with E-state index < -0.39 is 24.4 Å². The van der Waals surface area contributed by atoms with Crippen LogP contribution in [0.25, 0.3) is 11.2 Å². The van der Waals surface area contributed by atoms with E-state index in [9.17, 15) is 15.3 Å². The van der Waals surface area contributed by atoms with Crippen LogP contribution < -0.4 is 5.73 Å². The fourth-order valence-electron chi connectivity index (χ4n) is 2.48. The highest BCUT2D eigenvalue weighted by Gasteiger charge is 2.44. The van der Waals surface area contributed by atoms with Gasteiger partial charge in [0, 0.05) is 5.92 Å². The molecule has 0 aliphatic carbocycles. The van der Waals surface area contributed by atoms with Crippen LogP contribution in [0.4, 0.5) is 5.82 Å². The molecule has 9 heteroatoms. The fraction of sp³-hybridized carbons (Fsp3) is 0.545. The standard InChI is InChI=1S/C11H15N5O4/c12-9-7-10(14-3-13-9)16(4-15-7)11-8(19)5(1-17)6(2-18)20-11/h3-6,8,11,17-19H,1-2H2,(H2,12,13,14)/t5-,6-,8-,11-/m1/s1. The zero-order chi connectivity index (χ0) is 14.3. The Morgan fingerprint density at radius 3 is 2.70 bits per heavy atom. The van der Waals surface area contributed by atoms with Crippen molar-refractivity contribution in [3.8, 4) is 0 Å². The molecule has 4 atom stereocenters. The summed E-state index contributed by atoms with van der Waals surface area (Å²) in [5.74, 6) is -0.333. The van der Waals surface area contributed by atoms with Gasteiger partial charge in [-0.3, -0.25) is 4.57 Å². The molecule has 5 N–H and O–H groups in total. The van der Waals surface area contributed by atoms with Crippen LogP contribution in [-0.2, 0) is 4.74 Å². The maximum Gasteiger partial charge on any atom is 0.167 e. The van der Waals surface area contributed by atoms with Crippen molar-refractivity contribution >= 4 is 17.0 Å². The van der Waals surface area contributed by atoms with Gasteiger partial charge in [0.05, 0.1) is 25.6 Å². The van der Waals surface area contributed by atoms with Gasteiger partial charge in [-0.2, -0.15) is 0 Å². The first-order valence-corrected chi connectivity index (χ1v) is 6.15. The molecule has 3 rings (SSSR count). The lowest BCUT2D eigenvalue weighted by Crippen LogP contribution is -2.30. The number of nitrogens with two attached hydrogens (primary N) is 1. The highest BCUT2D eigenvalue weighted by atomic mass is 16.5. The number of nitrogen functional groups attached to an aromatic ring is 1. The molecule has 9 nitrogen and oxygen atoms in total. The molecule has 0 spiro atoms. The van der Waals surface area contributed by atoms with Crippen molar-refractivity contribution in [2.45, 2.75) is 18.4 Å². The lowest BCUT2D eigenvalue weighted by atomic mass is 9.99. The van der Waals surface area contributed by atoms with Crippen LogP contribution in [0.1, 0.15) is 6.23 Å². The Bertz CT molecular complexity index is 618. The molecule has 2 aromatic heterocycles. The van der Waals surface area contributed by atoms with Gasteiger partial charge in [-0.25, -0.2) is 15.0 Å². The van der Waals surface area contributed by atoms with Crippen LogP contribution in [0, 0.1) is 5.92 Å². The van der Waals surface area contributed by atoms with Gasteiger partial charge in [-0.05, 0) is 0 Å². The Balaban J connectivity index is 2.01. The first-order valence-electron chi connectivity index (χ1n) is 6.15. The van der Waals surface area contributed by atoms with Gasteiger partial charge in [0.1, 0.15) is 17.9 Å². The summed E-state index contributed by atoms with van der Waals surface area (Å²) in [6.45, 7) is -0.574. The monoisotopic (exact) mass is 281 g/mol. The van der Waals surface area contributed by atoms with Gasteiger partial charge in [-0.15, -0.1) is 0 Å². The molecule has 20 heavy (non-hydrogen) atoms. The molecule has 2 aromatic rings. The number of hydrogen-bond donors (Lipinski definition) is 4. The molecular weight excluding hydrogens is 266 g/mol. The van der Waals surface area contributed by atoms with Crippen LogP contribution in [-0.4, -0.2) is 60.3 Å². The number of ether oxygens (including phenoxy) is 1. The molecule has 0 saturated carbocycles. The fourth-order valence-corrected chi connectivity index (χ4v) is 2.48. The van der Waals surface area contributed by atoms with Crippen molar-refractivity contribution in [2.24, 2.45) is 5.92 Å². The summed E-state index contributed by atoms with van der Waals surface area (Å²) in [7, 11) is 0. The molecule has 0 bridgehead atoms. The number of aromatic nitrogens is 4. The smallest absolute Gasteiger partial charge is 0.167 e. The average Bonchev–Trinajstić information content (AvgIpc) is 3.00. The van der Waals surface area contributed by atoms with Gasteiger partial charge in [-0.1, -0.05) is 0 Å². The number of rotatable bonds is 3. The SMILES string of the molecule is Nc1ncnc2c1ncn2[C@@H]1O[C@H](CO)[C@@H](CO)[C@H]1O. The van der Waals surface area contributed by atoms with Crippen LogP contribution >= 0.6 is 0 Å². The highest BCUT2D eigenvalue weighted by Crippen LogP contribution is 2.35. The second-order valence-electron chi connectivity index (χ2n) is 4.67. The van der Waals surface area contributed by atoms with Crippen molar-refractivity contribution in [2.75, 3.05) is 18.9 Å². The molecule has 0 unspecified atom stereocenters. The zero-order valence-corrected chi connectivity index (χ0v) is 10.5. The molecule has 1 saturated heterocycles. The first kappa shape index (κ1) is 13.2. The molecule has 1 fully saturated rings. The summed E-state index contributed by atoms with van der Waals surface area (Å²) in [5, 5.41) is 28.8. The van der Waals surface area contributed by atoms with Crippen molar-refractivity contribution in [1.29, 1.82) is 0 Å². The molecule has 0 aromatic carbocycles. The van der Waals surface area contributed by atoms with Crippen LogP contribution in [0.5, 0.6) is 0 Å². The number of hydrogen-bond acceptors (Lipinski definition) is 8. The zero-order valence-electron chi connectivity index (χ0n) is 10.5. The third kappa shape index (κ3) is 1.83. The van der Waals surface area contributed by atoms with Crippen molar-refractivity contribution in [3.63, 3.8) is 0 Å². The van der Waals surface area contributed by atoms with Crippen LogP contribution in [0.15, 0.2) is 12.7 Å². The molecular formula is C11H15N5O4. The maximum atomic E-state index is 10.2. The summed E-state index contributed by atoms with van der Waals surface area (Å²) in [5.41, 5.74) is 6.54. The topological polar surface area (TPSA) is 140 Å². The third-order valence-corrected chi connectivity index (χ3v) is 3.57. The van der Waals surface area contributed by atoms with E-state index in [0.29, 0.717) is 11.2 Å². The lowest BCUT2D eigenvalue weighted by molar-refractivity contribution is -0.0496.